The van der Waals surface area contributed by atoms with Gasteiger partial charge >= 0.3 is 12.5 Å². The summed E-state index contributed by atoms with van der Waals surface area (Å²) in [4.78, 5) is 25.6. The number of carbonyl (C=O) groups is 1. The lowest BCUT2D eigenvalue weighted by molar-refractivity contribution is 0.0234. The molecule has 0 saturated carbocycles. The van der Waals surface area contributed by atoms with Crippen LogP contribution in [0.25, 0.3) is 22.1 Å². The standard InChI is InChI=1S/C21H17F3N4O2/c1-10-11(2)26-18-14(8-13(22)9-16(18)25-10)20(29)30-12(3)19-27-15-6-4-5-7-17(15)28(19)21(23)24/h4-9,12,21H,1-3H3. The number of nitrogens with zero attached hydrogens (tertiary/aromatic N) is 4. The number of imidazole rings is 1. The molecule has 4 rings (SSSR count). The van der Waals surface area contributed by atoms with Crippen molar-refractivity contribution in [1.29, 1.82) is 0 Å². The lowest BCUT2D eigenvalue weighted by Crippen LogP contribution is -2.15. The summed E-state index contributed by atoms with van der Waals surface area (Å²) < 4.78 is 47.5. The first-order valence-corrected chi connectivity index (χ1v) is 9.16. The molecular weight excluding hydrogens is 397 g/mol. The van der Waals surface area contributed by atoms with Crippen LogP contribution in [0.2, 0.25) is 0 Å². The zero-order chi connectivity index (χ0) is 21.6. The molecule has 9 heteroatoms. The van der Waals surface area contributed by atoms with Crippen molar-refractivity contribution in [3.05, 3.63) is 65.0 Å². The molecule has 0 bridgehead atoms. The van der Waals surface area contributed by atoms with Gasteiger partial charge in [0.2, 0.25) is 0 Å². The highest BCUT2D eigenvalue weighted by molar-refractivity contribution is 6.01. The molecule has 6 nitrogen and oxygen atoms in total. The Morgan fingerprint density at radius 3 is 2.47 bits per heavy atom. The summed E-state index contributed by atoms with van der Waals surface area (Å²) >= 11 is 0. The normalized spacial score (nSPS) is 12.6. The summed E-state index contributed by atoms with van der Waals surface area (Å²) in [5, 5.41) is 0. The predicted octanol–water partition coefficient (Wildman–Crippen LogP) is 5.05. The number of esters is 1. The lowest BCUT2D eigenvalue weighted by Gasteiger charge is -2.16. The third kappa shape index (κ3) is 3.36. The second-order valence-corrected chi connectivity index (χ2v) is 6.87. The van der Waals surface area contributed by atoms with E-state index in [1.807, 2.05) is 0 Å². The van der Waals surface area contributed by atoms with E-state index in [0.29, 0.717) is 21.5 Å². The molecule has 1 atom stereocenters. The molecule has 0 fully saturated rings. The molecule has 0 aliphatic carbocycles. The van der Waals surface area contributed by atoms with Crippen LogP contribution in [-0.2, 0) is 4.74 Å². The molecule has 0 N–H and O–H groups in total. The number of fused-ring (bicyclic) bond motifs is 2. The summed E-state index contributed by atoms with van der Waals surface area (Å²) in [6.07, 6.45) is -1.11. The number of alkyl halides is 2. The van der Waals surface area contributed by atoms with Gasteiger partial charge in [-0.2, -0.15) is 8.78 Å². The average Bonchev–Trinajstić information content (AvgIpc) is 3.08. The first-order valence-electron chi connectivity index (χ1n) is 9.16. The summed E-state index contributed by atoms with van der Waals surface area (Å²) in [5.41, 5.74) is 2.01. The number of rotatable bonds is 4. The van der Waals surface area contributed by atoms with E-state index < -0.39 is 24.4 Å². The van der Waals surface area contributed by atoms with Crippen molar-refractivity contribution in [2.75, 3.05) is 0 Å². The Balaban J connectivity index is 1.74. The Morgan fingerprint density at radius 2 is 1.73 bits per heavy atom. The summed E-state index contributed by atoms with van der Waals surface area (Å²) in [7, 11) is 0. The van der Waals surface area contributed by atoms with Gasteiger partial charge in [0, 0.05) is 6.07 Å². The van der Waals surface area contributed by atoms with Crippen molar-refractivity contribution in [3.63, 3.8) is 0 Å². The molecule has 2 aromatic carbocycles. The van der Waals surface area contributed by atoms with E-state index in [-0.39, 0.29) is 27.9 Å². The highest BCUT2D eigenvalue weighted by Crippen LogP contribution is 2.29. The fraction of sp³-hybridized carbons (Fsp3) is 0.238. The molecule has 0 aliphatic heterocycles. The minimum Gasteiger partial charge on any atom is -0.451 e. The molecule has 4 aromatic rings. The van der Waals surface area contributed by atoms with Crippen molar-refractivity contribution in [2.45, 2.75) is 33.4 Å². The van der Waals surface area contributed by atoms with Crippen LogP contribution in [0.1, 0.15) is 47.1 Å². The zero-order valence-corrected chi connectivity index (χ0v) is 16.4. The Morgan fingerprint density at radius 1 is 1.03 bits per heavy atom. The molecule has 0 amide bonds. The van der Waals surface area contributed by atoms with Gasteiger partial charge in [-0.15, -0.1) is 0 Å². The minimum atomic E-state index is -2.87. The van der Waals surface area contributed by atoms with Gasteiger partial charge < -0.3 is 4.74 Å². The smallest absolute Gasteiger partial charge is 0.341 e. The van der Waals surface area contributed by atoms with Gasteiger partial charge in [0.25, 0.3) is 0 Å². The Kier molecular flexibility index (Phi) is 4.89. The molecule has 0 saturated heterocycles. The van der Waals surface area contributed by atoms with Gasteiger partial charge in [-0.3, -0.25) is 4.57 Å². The van der Waals surface area contributed by atoms with Crippen LogP contribution in [0.3, 0.4) is 0 Å². The second-order valence-electron chi connectivity index (χ2n) is 6.87. The SMILES string of the molecule is Cc1nc2cc(F)cc(C(=O)OC(C)c3nc4ccccc4n3C(F)F)c2nc1C. The predicted molar refractivity (Wildman–Crippen MR) is 104 cm³/mol. The van der Waals surface area contributed by atoms with E-state index in [1.54, 1.807) is 32.0 Å². The van der Waals surface area contributed by atoms with Crippen molar-refractivity contribution in [2.24, 2.45) is 0 Å². The van der Waals surface area contributed by atoms with Crippen LogP contribution in [0.15, 0.2) is 36.4 Å². The zero-order valence-electron chi connectivity index (χ0n) is 16.4. The summed E-state index contributed by atoms with van der Waals surface area (Å²) in [6, 6.07) is 8.56. The third-order valence-electron chi connectivity index (χ3n) is 4.83. The number of ether oxygens (including phenoxy) is 1. The molecular formula is C21H17F3N4O2. The van der Waals surface area contributed by atoms with Gasteiger partial charge in [-0.05, 0) is 39.0 Å². The molecule has 0 spiro atoms. The number of hydrogen-bond acceptors (Lipinski definition) is 5. The Labute approximate surface area is 169 Å². The molecule has 154 valence electrons. The highest BCUT2D eigenvalue weighted by Gasteiger charge is 2.26. The molecule has 2 heterocycles. The fourth-order valence-electron chi connectivity index (χ4n) is 3.29. The number of halogens is 3. The topological polar surface area (TPSA) is 69.9 Å². The van der Waals surface area contributed by atoms with Gasteiger partial charge in [-0.1, -0.05) is 12.1 Å². The number of aromatic nitrogens is 4. The third-order valence-corrected chi connectivity index (χ3v) is 4.83. The van der Waals surface area contributed by atoms with Gasteiger partial charge in [0.15, 0.2) is 11.9 Å². The maximum absolute atomic E-state index is 14.1. The molecule has 0 aliphatic rings. The largest absolute Gasteiger partial charge is 0.451 e. The Hall–Kier alpha value is -3.49. The quantitative estimate of drug-likeness (QED) is 0.437. The van der Waals surface area contributed by atoms with Crippen LogP contribution in [0.5, 0.6) is 0 Å². The number of aryl methyl sites for hydroxylation is 2. The average molecular weight is 414 g/mol. The summed E-state index contributed by atoms with van der Waals surface area (Å²) in [6.45, 7) is 2.00. The van der Waals surface area contributed by atoms with Gasteiger partial charge in [0.1, 0.15) is 11.3 Å². The van der Waals surface area contributed by atoms with Crippen molar-refractivity contribution >= 4 is 28.0 Å². The maximum atomic E-state index is 14.1. The first-order chi connectivity index (χ1) is 14.3. The molecule has 1 unspecified atom stereocenters. The first kappa shape index (κ1) is 19.8. The Bertz CT molecular complexity index is 1290. The number of hydrogen-bond donors (Lipinski definition) is 0. The van der Waals surface area contributed by atoms with Crippen molar-refractivity contribution < 1.29 is 22.7 Å². The number of carbonyl (C=O) groups excluding carboxylic acids is 1. The van der Waals surface area contributed by atoms with Crippen LogP contribution < -0.4 is 0 Å². The van der Waals surface area contributed by atoms with Crippen LogP contribution >= 0.6 is 0 Å². The van der Waals surface area contributed by atoms with E-state index in [1.165, 1.54) is 19.1 Å². The molecule has 30 heavy (non-hydrogen) atoms. The highest BCUT2D eigenvalue weighted by atomic mass is 19.3. The summed E-state index contributed by atoms with van der Waals surface area (Å²) in [5.74, 6) is -1.70. The number of benzene rings is 2. The van der Waals surface area contributed by atoms with Crippen LogP contribution in [-0.4, -0.2) is 25.5 Å². The van der Waals surface area contributed by atoms with E-state index in [2.05, 4.69) is 15.0 Å². The van der Waals surface area contributed by atoms with E-state index in [4.69, 9.17) is 4.74 Å². The second kappa shape index (κ2) is 7.40. The lowest BCUT2D eigenvalue weighted by atomic mass is 10.1. The van der Waals surface area contributed by atoms with Crippen LogP contribution in [0, 0.1) is 19.7 Å². The monoisotopic (exact) mass is 414 g/mol. The minimum absolute atomic E-state index is 0.113. The van der Waals surface area contributed by atoms with E-state index in [0.717, 1.165) is 6.07 Å². The van der Waals surface area contributed by atoms with E-state index in [9.17, 15) is 18.0 Å². The van der Waals surface area contributed by atoms with Gasteiger partial charge in [-0.25, -0.2) is 24.1 Å². The fourth-order valence-corrected chi connectivity index (χ4v) is 3.29. The van der Waals surface area contributed by atoms with Crippen molar-refractivity contribution in [3.8, 4) is 0 Å². The number of para-hydroxylation sites is 2. The van der Waals surface area contributed by atoms with Crippen LogP contribution in [0.4, 0.5) is 13.2 Å². The van der Waals surface area contributed by atoms with Crippen molar-refractivity contribution in [1.82, 2.24) is 19.5 Å². The van der Waals surface area contributed by atoms with Gasteiger partial charge in [0.05, 0.1) is 33.5 Å². The molecule has 0 radical (unpaired) electrons. The molecule has 2 aromatic heterocycles. The maximum Gasteiger partial charge on any atom is 0.341 e. The van der Waals surface area contributed by atoms with E-state index >= 15 is 0 Å².